The Labute approximate surface area is 207 Å². The zero-order valence-electron chi connectivity index (χ0n) is 19.4. The average Bonchev–Trinajstić information content (AvgIpc) is 3.37. The van der Waals surface area contributed by atoms with Gasteiger partial charge in [0, 0.05) is 28.7 Å². The highest BCUT2D eigenvalue weighted by Crippen LogP contribution is 2.38. The Bertz CT molecular complexity index is 1220. The van der Waals surface area contributed by atoms with E-state index in [1.165, 1.54) is 0 Å². The average molecular weight is 522 g/mol. The molecule has 1 aliphatic rings. The number of aromatic nitrogens is 1. The summed E-state index contributed by atoms with van der Waals surface area (Å²) in [6.45, 7) is 5.74. The summed E-state index contributed by atoms with van der Waals surface area (Å²) < 4.78 is 0.915. The number of benzene rings is 2. The molecule has 0 fully saturated rings. The van der Waals surface area contributed by atoms with E-state index in [0.29, 0.717) is 33.7 Å². The number of carbonyl (C=O) groups excluding carboxylic acids is 2. The van der Waals surface area contributed by atoms with Crippen LogP contribution in [-0.2, 0) is 0 Å². The topological polar surface area (TPSA) is 85.8 Å². The Kier molecular flexibility index (Phi) is 7.32. The van der Waals surface area contributed by atoms with Gasteiger partial charge in [0.1, 0.15) is 0 Å². The first-order valence-electron chi connectivity index (χ1n) is 11.7. The van der Waals surface area contributed by atoms with Crippen LogP contribution in [0.2, 0.25) is 0 Å². The van der Waals surface area contributed by atoms with E-state index in [1.54, 1.807) is 12.1 Å². The Morgan fingerprint density at radius 3 is 2.12 bits per heavy atom. The second-order valence-electron chi connectivity index (χ2n) is 8.45. The van der Waals surface area contributed by atoms with Gasteiger partial charge in [0.2, 0.25) is 0 Å². The van der Waals surface area contributed by atoms with E-state index in [2.05, 4.69) is 39.8 Å². The Hall–Kier alpha value is -3.19. The molecule has 0 bridgehead atoms. The summed E-state index contributed by atoms with van der Waals surface area (Å²) in [7, 11) is 0. The van der Waals surface area contributed by atoms with Crippen LogP contribution in [0.4, 0.5) is 0 Å². The highest BCUT2D eigenvalue weighted by atomic mass is 79.9. The molecule has 2 aromatic carbocycles. The summed E-state index contributed by atoms with van der Waals surface area (Å²) in [5, 5.41) is 10.6. The number of hydrogen-bond acceptors (Lipinski definition) is 3. The lowest BCUT2D eigenvalue weighted by Crippen LogP contribution is -2.32. The van der Waals surface area contributed by atoms with E-state index in [4.69, 9.17) is 0 Å². The molecule has 176 valence electrons. The molecule has 2 N–H and O–H groups in total. The zero-order chi connectivity index (χ0) is 24.2. The van der Waals surface area contributed by atoms with E-state index in [-0.39, 0.29) is 11.8 Å². The fourth-order valence-corrected chi connectivity index (χ4v) is 4.42. The van der Waals surface area contributed by atoms with Crippen molar-refractivity contribution in [2.24, 2.45) is 4.99 Å². The normalized spacial score (nSPS) is 12.6. The number of nitrogens with one attached hydrogen (secondary N) is 1. The first-order valence-corrected chi connectivity index (χ1v) is 12.5. The van der Waals surface area contributed by atoms with Gasteiger partial charge in [-0.15, -0.1) is 0 Å². The highest BCUT2D eigenvalue weighted by molar-refractivity contribution is 9.10. The minimum atomic E-state index is -0.398. The predicted molar refractivity (Wildman–Crippen MR) is 138 cm³/mol. The Morgan fingerprint density at radius 1 is 0.941 bits per heavy atom. The van der Waals surface area contributed by atoms with Gasteiger partial charge in [0.25, 0.3) is 11.8 Å². The van der Waals surface area contributed by atoms with Crippen LogP contribution in [-0.4, -0.2) is 45.6 Å². The van der Waals surface area contributed by atoms with Crippen molar-refractivity contribution in [1.82, 2.24) is 9.88 Å². The molecule has 2 amide bonds. The fraction of sp³-hybridized carbons (Fsp3) is 0.296. The van der Waals surface area contributed by atoms with Gasteiger partial charge in [-0.25, -0.2) is 4.99 Å². The second-order valence-corrected chi connectivity index (χ2v) is 9.36. The maximum atomic E-state index is 13.1. The largest absolute Gasteiger partial charge is 0.494 e. The molecule has 0 saturated heterocycles. The van der Waals surface area contributed by atoms with Crippen LogP contribution in [0.1, 0.15) is 71.4 Å². The summed E-state index contributed by atoms with van der Waals surface area (Å²) in [6, 6.07) is 14.6. The summed E-state index contributed by atoms with van der Waals surface area (Å²) in [4.78, 5) is 35.0. The van der Waals surface area contributed by atoms with Crippen LogP contribution in [0.25, 0.3) is 11.3 Å². The summed E-state index contributed by atoms with van der Waals surface area (Å²) >= 11 is 3.41. The van der Waals surface area contributed by atoms with E-state index < -0.39 is 5.91 Å². The zero-order valence-corrected chi connectivity index (χ0v) is 21.0. The molecular formula is C27H28BrN3O3. The number of aliphatic imine (C=N–C) groups is 1. The minimum Gasteiger partial charge on any atom is -0.494 e. The number of amides is 2. The van der Waals surface area contributed by atoms with Gasteiger partial charge in [-0.1, -0.05) is 66.9 Å². The number of halogens is 1. The fourth-order valence-electron chi connectivity index (χ4n) is 4.15. The number of nitrogens with zero attached hydrogens (tertiary/aromatic N) is 2. The van der Waals surface area contributed by atoms with Crippen molar-refractivity contribution in [3.8, 4) is 17.1 Å². The molecule has 3 aromatic rings. The van der Waals surface area contributed by atoms with Crippen LogP contribution in [0.5, 0.6) is 5.88 Å². The van der Waals surface area contributed by atoms with E-state index in [0.717, 1.165) is 48.8 Å². The monoisotopic (exact) mass is 521 g/mol. The third-order valence-electron chi connectivity index (χ3n) is 6.03. The van der Waals surface area contributed by atoms with Crippen LogP contribution < -0.4 is 0 Å². The third kappa shape index (κ3) is 4.71. The lowest BCUT2D eigenvalue weighted by molar-refractivity contribution is 0.0751. The van der Waals surface area contributed by atoms with Gasteiger partial charge in [-0.05, 0) is 42.7 Å². The van der Waals surface area contributed by atoms with E-state index in [1.807, 2.05) is 41.3 Å². The molecule has 0 aliphatic carbocycles. The van der Waals surface area contributed by atoms with Crippen molar-refractivity contribution >= 4 is 33.5 Å². The SMILES string of the molecule is CCCCN(CCCC)C(=O)c1ccc(-c2[nH]c(O)c3c2C(=O)N=C3c2ccc(Br)cc2)cc1. The number of hydrogen-bond donors (Lipinski definition) is 2. The van der Waals surface area contributed by atoms with Crippen molar-refractivity contribution in [1.29, 1.82) is 0 Å². The maximum absolute atomic E-state index is 13.1. The molecule has 6 nitrogen and oxygen atoms in total. The number of carbonyl (C=O) groups is 2. The van der Waals surface area contributed by atoms with Crippen molar-refractivity contribution in [3.63, 3.8) is 0 Å². The molecule has 0 unspecified atom stereocenters. The first-order chi connectivity index (χ1) is 16.4. The third-order valence-corrected chi connectivity index (χ3v) is 6.56. The minimum absolute atomic E-state index is 0.0185. The maximum Gasteiger partial charge on any atom is 0.280 e. The molecule has 4 rings (SSSR count). The second kappa shape index (κ2) is 10.4. The first kappa shape index (κ1) is 24.0. The number of rotatable bonds is 9. The van der Waals surface area contributed by atoms with Gasteiger partial charge in [-0.2, -0.15) is 0 Å². The molecule has 2 heterocycles. The molecule has 0 atom stereocenters. The number of fused-ring (bicyclic) bond motifs is 1. The smallest absolute Gasteiger partial charge is 0.280 e. The number of aromatic amines is 1. The lowest BCUT2D eigenvalue weighted by atomic mass is 9.99. The molecule has 0 radical (unpaired) electrons. The molecule has 34 heavy (non-hydrogen) atoms. The lowest BCUT2D eigenvalue weighted by Gasteiger charge is -2.22. The van der Waals surface area contributed by atoms with Gasteiger partial charge >= 0.3 is 0 Å². The van der Waals surface area contributed by atoms with Crippen molar-refractivity contribution in [2.45, 2.75) is 39.5 Å². The van der Waals surface area contributed by atoms with Crippen LogP contribution >= 0.6 is 15.9 Å². The number of unbranched alkanes of at least 4 members (excludes halogenated alkanes) is 2. The molecule has 1 aliphatic heterocycles. The summed E-state index contributed by atoms with van der Waals surface area (Å²) in [5.74, 6) is -0.474. The molecule has 1 aromatic heterocycles. The standard InChI is InChI=1S/C27H28BrN3O3/c1-3-5-15-31(16-6-4-2)27(34)19-9-7-17(8-10-19)23-21-22(26(33)29-23)24(30-25(21)32)18-11-13-20(28)14-12-18/h7-14,29,33H,3-6,15-16H2,1-2H3. The van der Waals surface area contributed by atoms with Crippen LogP contribution in [0.3, 0.4) is 0 Å². The number of H-pyrrole nitrogens is 1. The Morgan fingerprint density at radius 2 is 1.53 bits per heavy atom. The van der Waals surface area contributed by atoms with Gasteiger partial charge in [-0.3, -0.25) is 9.59 Å². The summed E-state index contributed by atoms with van der Waals surface area (Å²) in [5.41, 5.74) is 3.78. The van der Waals surface area contributed by atoms with Crippen LogP contribution in [0.15, 0.2) is 58.0 Å². The van der Waals surface area contributed by atoms with Crippen molar-refractivity contribution in [3.05, 3.63) is 75.3 Å². The Balaban J connectivity index is 1.62. The highest BCUT2D eigenvalue weighted by Gasteiger charge is 2.33. The van der Waals surface area contributed by atoms with Crippen molar-refractivity contribution in [2.75, 3.05) is 13.1 Å². The molecule has 7 heteroatoms. The molecular weight excluding hydrogens is 494 g/mol. The van der Waals surface area contributed by atoms with Crippen LogP contribution in [0, 0.1) is 0 Å². The molecule has 0 saturated carbocycles. The van der Waals surface area contributed by atoms with Gasteiger partial charge in [0.05, 0.1) is 22.5 Å². The van der Waals surface area contributed by atoms with Gasteiger partial charge in [0.15, 0.2) is 5.88 Å². The quantitative estimate of drug-likeness (QED) is 0.352. The van der Waals surface area contributed by atoms with Crippen molar-refractivity contribution < 1.29 is 14.7 Å². The predicted octanol–water partition coefficient (Wildman–Crippen LogP) is 6.18. The van der Waals surface area contributed by atoms with E-state index in [9.17, 15) is 14.7 Å². The summed E-state index contributed by atoms with van der Waals surface area (Å²) in [6.07, 6.45) is 4.03. The molecule has 0 spiro atoms. The van der Waals surface area contributed by atoms with Gasteiger partial charge < -0.3 is 15.0 Å². The number of aromatic hydroxyl groups is 1. The van der Waals surface area contributed by atoms with E-state index >= 15 is 0 Å².